The van der Waals surface area contributed by atoms with Crippen molar-refractivity contribution in [2.45, 2.75) is 0 Å². The number of hydrogen-bond acceptors (Lipinski definition) is 1. The van der Waals surface area contributed by atoms with Crippen LogP contribution >= 0.6 is 0 Å². The van der Waals surface area contributed by atoms with Crippen LogP contribution in [0.15, 0.2) is 18.2 Å². The quantitative estimate of drug-likeness (QED) is 0.513. The van der Waals surface area contributed by atoms with Gasteiger partial charge in [-0.05, 0) is 6.07 Å². The van der Waals surface area contributed by atoms with Crippen molar-refractivity contribution in [2.75, 3.05) is 0 Å². The van der Waals surface area contributed by atoms with E-state index in [-0.39, 0.29) is 0 Å². The van der Waals surface area contributed by atoms with E-state index in [0.29, 0.717) is 6.07 Å². The van der Waals surface area contributed by atoms with Gasteiger partial charge in [0.25, 0.3) is 0 Å². The van der Waals surface area contributed by atoms with Gasteiger partial charge in [0.15, 0.2) is 0 Å². The van der Waals surface area contributed by atoms with E-state index in [1.54, 1.807) is 0 Å². The fourth-order valence-electron chi connectivity index (χ4n) is 0.475. The van der Waals surface area contributed by atoms with E-state index in [9.17, 15) is 13.9 Å². The van der Waals surface area contributed by atoms with Crippen LogP contribution in [0.4, 0.5) is 8.78 Å². The molecule has 1 rings (SSSR count). The van der Waals surface area contributed by atoms with Gasteiger partial charge in [-0.15, -0.1) is 0 Å². The summed E-state index contributed by atoms with van der Waals surface area (Å²) in [5.74, 6) is -2.56. The molecule has 9 heavy (non-hydrogen) atoms. The Morgan fingerprint density at radius 3 is 2.33 bits per heavy atom. The molecule has 0 aliphatic carbocycles. The van der Waals surface area contributed by atoms with E-state index in [0.717, 1.165) is 12.1 Å². The van der Waals surface area contributed by atoms with Crippen LogP contribution in [0.5, 0.6) is 5.75 Å². The van der Waals surface area contributed by atoms with Crippen molar-refractivity contribution >= 4 is 0 Å². The number of benzene rings is 1. The zero-order valence-corrected chi connectivity index (χ0v) is 4.40. The molecule has 0 fully saturated rings. The average molecular weight is 129 g/mol. The second kappa shape index (κ2) is 2.01. The van der Waals surface area contributed by atoms with Crippen LogP contribution in [0.25, 0.3) is 0 Å². The van der Waals surface area contributed by atoms with E-state index in [2.05, 4.69) is 0 Å². The Morgan fingerprint density at radius 2 is 1.89 bits per heavy atom. The lowest BCUT2D eigenvalue weighted by Crippen LogP contribution is -1.93. The van der Waals surface area contributed by atoms with E-state index in [4.69, 9.17) is 0 Å². The minimum Gasteiger partial charge on any atom is -0.870 e. The van der Waals surface area contributed by atoms with Crippen molar-refractivity contribution < 1.29 is 13.9 Å². The third-order valence-corrected chi connectivity index (χ3v) is 0.894. The van der Waals surface area contributed by atoms with Crippen LogP contribution in [-0.2, 0) is 0 Å². The zero-order chi connectivity index (χ0) is 6.85. The second-order valence-corrected chi connectivity index (χ2v) is 1.57. The molecule has 0 aliphatic heterocycles. The van der Waals surface area contributed by atoms with Gasteiger partial charge in [-0.25, -0.2) is 8.78 Å². The molecule has 3 heteroatoms. The van der Waals surface area contributed by atoms with Crippen LogP contribution < -0.4 is 5.11 Å². The molecule has 0 spiro atoms. The summed E-state index contributed by atoms with van der Waals surface area (Å²) in [5, 5.41) is 10.2. The Hall–Kier alpha value is -1.12. The minimum atomic E-state index is -1.05. The molecule has 0 heterocycles. The van der Waals surface area contributed by atoms with Crippen LogP contribution in [0.1, 0.15) is 0 Å². The van der Waals surface area contributed by atoms with Gasteiger partial charge >= 0.3 is 0 Å². The zero-order valence-electron chi connectivity index (χ0n) is 4.40. The summed E-state index contributed by atoms with van der Waals surface area (Å²) in [6.07, 6.45) is 0. The minimum absolute atomic E-state index is 0.558. The first-order valence-corrected chi connectivity index (χ1v) is 2.32. The third-order valence-electron chi connectivity index (χ3n) is 0.894. The molecule has 0 saturated heterocycles. The van der Waals surface area contributed by atoms with Gasteiger partial charge in [0.2, 0.25) is 0 Å². The van der Waals surface area contributed by atoms with Crippen molar-refractivity contribution in [1.29, 1.82) is 0 Å². The van der Waals surface area contributed by atoms with Crippen LogP contribution in [0.2, 0.25) is 0 Å². The summed E-state index contributed by atoms with van der Waals surface area (Å²) in [4.78, 5) is 0. The highest BCUT2D eigenvalue weighted by molar-refractivity contribution is 5.21. The molecule has 1 nitrogen and oxygen atoms in total. The molecule has 0 saturated carbocycles. The molecule has 0 aliphatic rings. The lowest BCUT2D eigenvalue weighted by Gasteiger charge is -2.03. The van der Waals surface area contributed by atoms with E-state index in [1.807, 2.05) is 0 Å². The SMILES string of the molecule is [O-]c1ccc(F)cc1F. The summed E-state index contributed by atoms with van der Waals surface area (Å²) < 4.78 is 24.0. The Labute approximate surface area is 50.6 Å². The standard InChI is InChI=1S/C6H4F2O/c7-4-1-2-6(9)5(8)3-4/h1-3,9H/p-1. The number of halogens is 2. The maximum absolute atomic E-state index is 12.0. The van der Waals surface area contributed by atoms with Gasteiger partial charge in [0.05, 0.1) is 0 Å². The van der Waals surface area contributed by atoms with E-state index < -0.39 is 17.4 Å². The maximum atomic E-state index is 12.0. The summed E-state index contributed by atoms with van der Waals surface area (Å²) in [5.41, 5.74) is 0. The predicted molar refractivity (Wildman–Crippen MR) is 25.8 cm³/mol. The van der Waals surface area contributed by atoms with E-state index >= 15 is 0 Å². The molecule has 1 aromatic rings. The van der Waals surface area contributed by atoms with Crippen LogP contribution in [0.3, 0.4) is 0 Å². The molecular weight excluding hydrogens is 126 g/mol. The summed E-state index contributed by atoms with van der Waals surface area (Å²) in [6, 6.07) is 2.33. The second-order valence-electron chi connectivity index (χ2n) is 1.57. The molecule has 0 atom stereocenters. The normalized spacial score (nSPS) is 9.56. The Morgan fingerprint density at radius 1 is 1.22 bits per heavy atom. The highest BCUT2D eigenvalue weighted by atomic mass is 19.1. The van der Waals surface area contributed by atoms with Crippen LogP contribution in [0, 0.1) is 11.6 Å². The highest BCUT2D eigenvalue weighted by Crippen LogP contribution is 2.11. The first-order chi connectivity index (χ1) is 4.20. The van der Waals surface area contributed by atoms with Crippen molar-refractivity contribution in [1.82, 2.24) is 0 Å². The highest BCUT2D eigenvalue weighted by Gasteiger charge is 1.91. The Kier molecular flexibility index (Phi) is 1.34. The molecule has 0 unspecified atom stereocenters. The number of hydrogen-bond donors (Lipinski definition) is 0. The van der Waals surface area contributed by atoms with Gasteiger partial charge in [-0.1, -0.05) is 11.8 Å². The maximum Gasteiger partial charge on any atom is 0.126 e. The van der Waals surface area contributed by atoms with Gasteiger partial charge in [-0.2, -0.15) is 0 Å². The first-order valence-electron chi connectivity index (χ1n) is 2.32. The monoisotopic (exact) mass is 129 g/mol. The Balaban J connectivity index is 3.17. The topological polar surface area (TPSA) is 23.1 Å². The van der Waals surface area contributed by atoms with Crippen molar-refractivity contribution in [2.24, 2.45) is 0 Å². The lowest BCUT2D eigenvalue weighted by atomic mass is 10.3. The fraction of sp³-hybridized carbons (Fsp3) is 0. The van der Waals surface area contributed by atoms with Gasteiger partial charge < -0.3 is 5.11 Å². The molecular formula is C6H3F2O-. The molecule has 1 aromatic carbocycles. The molecule has 0 radical (unpaired) electrons. The summed E-state index contributed by atoms with van der Waals surface area (Å²) in [7, 11) is 0. The molecule has 0 bridgehead atoms. The first kappa shape index (κ1) is 6.01. The molecule has 0 N–H and O–H groups in total. The van der Waals surface area contributed by atoms with Crippen LogP contribution in [-0.4, -0.2) is 0 Å². The summed E-state index contributed by atoms with van der Waals surface area (Å²) >= 11 is 0. The largest absolute Gasteiger partial charge is 0.870 e. The van der Waals surface area contributed by atoms with Crippen molar-refractivity contribution in [3.05, 3.63) is 29.8 Å². The van der Waals surface area contributed by atoms with Gasteiger partial charge in [0.1, 0.15) is 11.6 Å². The number of rotatable bonds is 0. The molecule has 0 amide bonds. The average Bonchev–Trinajstić information content (AvgIpc) is 1.80. The summed E-state index contributed by atoms with van der Waals surface area (Å²) in [6.45, 7) is 0. The lowest BCUT2D eigenvalue weighted by molar-refractivity contribution is -0.272. The molecule has 48 valence electrons. The third kappa shape index (κ3) is 1.16. The predicted octanol–water partition coefficient (Wildman–Crippen LogP) is 1.04. The molecule has 0 aromatic heterocycles. The van der Waals surface area contributed by atoms with E-state index in [1.165, 1.54) is 0 Å². The van der Waals surface area contributed by atoms with Gasteiger partial charge in [0, 0.05) is 6.07 Å². The van der Waals surface area contributed by atoms with Gasteiger partial charge in [-0.3, -0.25) is 0 Å². The van der Waals surface area contributed by atoms with Crippen molar-refractivity contribution in [3.8, 4) is 5.75 Å². The van der Waals surface area contributed by atoms with Crippen molar-refractivity contribution in [3.63, 3.8) is 0 Å². The smallest absolute Gasteiger partial charge is 0.126 e. The fourth-order valence-corrected chi connectivity index (χ4v) is 0.475. The Bertz CT molecular complexity index is 222.